The number of nitrogens with two attached hydrogens (primary N) is 1. The van der Waals surface area contributed by atoms with Crippen LogP contribution in [0.1, 0.15) is 122 Å². The molecule has 0 aromatic carbocycles. The fraction of sp³-hybridized carbons (Fsp3) is 0.960. The van der Waals surface area contributed by atoms with Gasteiger partial charge in [-0.3, -0.25) is 4.79 Å². The number of carbonyl (C=O) groups is 1. The van der Waals surface area contributed by atoms with Crippen LogP contribution in [0, 0.1) is 0 Å². The number of methoxy groups -OCH3 is 1. The Bertz CT molecular complexity index is 366. The predicted molar refractivity (Wildman–Crippen MR) is 128 cm³/mol. The number of carbonyl (C=O) groups excluding carboxylic acids is 1. The summed E-state index contributed by atoms with van der Waals surface area (Å²) in [7, 11) is 1.45. The van der Waals surface area contributed by atoms with Crippen LogP contribution >= 0.6 is 0 Å². The lowest BCUT2D eigenvalue weighted by molar-refractivity contribution is -0.140. The van der Waals surface area contributed by atoms with Crippen molar-refractivity contribution in [2.45, 2.75) is 135 Å². The minimum atomic E-state index is -0.237. The standard InChI is InChI=1S/C25H52N2O3/c1-3-4-5-6-9-14-19-24(28)23(27-22-17-12-11-16-21-26)18-13-8-7-10-15-20-25(29)30-2/h23-24,27-28H,3-22,26H2,1-2H3. The van der Waals surface area contributed by atoms with Gasteiger partial charge in [-0.15, -0.1) is 0 Å². The maximum Gasteiger partial charge on any atom is 0.305 e. The van der Waals surface area contributed by atoms with Crippen LogP contribution in [0.3, 0.4) is 0 Å². The summed E-state index contributed by atoms with van der Waals surface area (Å²) in [5, 5.41) is 14.4. The Morgan fingerprint density at radius 3 is 2.07 bits per heavy atom. The van der Waals surface area contributed by atoms with Gasteiger partial charge in [0, 0.05) is 12.5 Å². The van der Waals surface area contributed by atoms with Gasteiger partial charge in [-0.05, 0) is 45.2 Å². The highest BCUT2D eigenvalue weighted by Gasteiger charge is 2.17. The van der Waals surface area contributed by atoms with E-state index in [0.29, 0.717) is 6.42 Å². The first-order chi connectivity index (χ1) is 14.7. The van der Waals surface area contributed by atoms with E-state index in [4.69, 9.17) is 5.73 Å². The summed E-state index contributed by atoms with van der Waals surface area (Å²) in [4.78, 5) is 11.1. The first-order valence-electron chi connectivity index (χ1n) is 12.8. The molecule has 0 aromatic heterocycles. The third-order valence-electron chi connectivity index (χ3n) is 5.98. The lowest BCUT2D eigenvalue weighted by Gasteiger charge is -2.24. The quantitative estimate of drug-likeness (QED) is 0.148. The van der Waals surface area contributed by atoms with Gasteiger partial charge in [0.15, 0.2) is 0 Å². The first kappa shape index (κ1) is 29.4. The van der Waals surface area contributed by atoms with Gasteiger partial charge in [0.05, 0.1) is 13.2 Å². The normalized spacial score (nSPS) is 13.3. The summed E-state index contributed by atoms with van der Waals surface area (Å²) in [6, 6.07) is 0.213. The fourth-order valence-corrected chi connectivity index (χ4v) is 3.94. The first-order valence-corrected chi connectivity index (χ1v) is 12.8. The molecule has 4 N–H and O–H groups in total. The fourth-order valence-electron chi connectivity index (χ4n) is 3.94. The molecule has 180 valence electrons. The second-order valence-electron chi connectivity index (χ2n) is 8.77. The van der Waals surface area contributed by atoms with Crippen LogP contribution in [0.15, 0.2) is 0 Å². The molecule has 0 aromatic rings. The van der Waals surface area contributed by atoms with Gasteiger partial charge in [-0.2, -0.15) is 0 Å². The van der Waals surface area contributed by atoms with Crippen molar-refractivity contribution in [3.8, 4) is 0 Å². The maximum absolute atomic E-state index is 11.1. The van der Waals surface area contributed by atoms with Gasteiger partial charge >= 0.3 is 5.97 Å². The number of ether oxygens (including phenoxy) is 1. The molecular formula is C25H52N2O3. The molecular weight excluding hydrogens is 376 g/mol. The Morgan fingerprint density at radius 1 is 0.833 bits per heavy atom. The van der Waals surface area contributed by atoms with Gasteiger partial charge in [-0.1, -0.05) is 84.0 Å². The summed E-state index contributed by atoms with van der Waals surface area (Å²) in [6.45, 7) is 4.02. The van der Waals surface area contributed by atoms with Crippen molar-refractivity contribution in [1.82, 2.24) is 5.32 Å². The molecule has 0 fully saturated rings. The Labute approximate surface area is 186 Å². The molecule has 2 atom stereocenters. The van der Waals surface area contributed by atoms with E-state index in [9.17, 15) is 9.90 Å². The molecule has 0 heterocycles. The van der Waals surface area contributed by atoms with Crippen LogP contribution in [0.4, 0.5) is 0 Å². The molecule has 0 saturated heterocycles. The summed E-state index contributed by atoms with van der Waals surface area (Å²) in [6.07, 6.45) is 20.0. The number of aliphatic hydroxyl groups excluding tert-OH is 1. The number of hydrogen-bond donors (Lipinski definition) is 3. The molecule has 0 aliphatic heterocycles. The molecule has 0 bridgehead atoms. The number of hydrogen-bond acceptors (Lipinski definition) is 5. The van der Waals surface area contributed by atoms with Crippen LogP contribution in [-0.2, 0) is 9.53 Å². The van der Waals surface area contributed by atoms with Gasteiger partial charge < -0.3 is 20.9 Å². The lowest BCUT2D eigenvalue weighted by atomic mass is 9.97. The number of unbranched alkanes of at least 4 members (excludes halogenated alkanes) is 12. The molecule has 5 heteroatoms. The Hall–Kier alpha value is -0.650. The third-order valence-corrected chi connectivity index (χ3v) is 5.98. The molecule has 0 rings (SSSR count). The number of rotatable bonds is 23. The number of esters is 1. The van der Waals surface area contributed by atoms with Gasteiger partial charge in [-0.25, -0.2) is 0 Å². The molecule has 0 amide bonds. The van der Waals surface area contributed by atoms with E-state index in [1.54, 1.807) is 0 Å². The molecule has 0 radical (unpaired) electrons. The van der Waals surface area contributed by atoms with E-state index < -0.39 is 0 Å². The molecule has 0 saturated carbocycles. The average Bonchev–Trinajstić information content (AvgIpc) is 2.75. The van der Waals surface area contributed by atoms with E-state index in [2.05, 4.69) is 17.0 Å². The monoisotopic (exact) mass is 428 g/mol. The molecule has 5 nitrogen and oxygen atoms in total. The zero-order valence-corrected chi connectivity index (χ0v) is 20.1. The average molecular weight is 429 g/mol. The van der Waals surface area contributed by atoms with E-state index in [-0.39, 0.29) is 18.1 Å². The Balaban J connectivity index is 4.05. The van der Waals surface area contributed by atoms with Crippen molar-refractivity contribution >= 4 is 5.97 Å². The van der Waals surface area contributed by atoms with Crippen molar-refractivity contribution in [1.29, 1.82) is 0 Å². The van der Waals surface area contributed by atoms with Crippen molar-refractivity contribution in [2.75, 3.05) is 20.2 Å². The predicted octanol–water partition coefficient (Wildman–Crippen LogP) is 5.48. The van der Waals surface area contributed by atoms with E-state index >= 15 is 0 Å². The van der Waals surface area contributed by atoms with Crippen molar-refractivity contribution in [3.63, 3.8) is 0 Å². The van der Waals surface area contributed by atoms with Crippen LogP contribution in [0.25, 0.3) is 0 Å². The van der Waals surface area contributed by atoms with Gasteiger partial charge in [0.2, 0.25) is 0 Å². The zero-order chi connectivity index (χ0) is 22.3. The zero-order valence-electron chi connectivity index (χ0n) is 20.1. The van der Waals surface area contributed by atoms with E-state index in [1.807, 2.05) is 0 Å². The van der Waals surface area contributed by atoms with Crippen LogP contribution in [0.5, 0.6) is 0 Å². The summed E-state index contributed by atoms with van der Waals surface area (Å²) < 4.78 is 4.68. The molecule has 2 unspecified atom stereocenters. The highest BCUT2D eigenvalue weighted by atomic mass is 16.5. The highest BCUT2D eigenvalue weighted by Crippen LogP contribution is 2.16. The Morgan fingerprint density at radius 2 is 1.40 bits per heavy atom. The molecule has 0 spiro atoms. The van der Waals surface area contributed by atoms with Crippen molar-refractivity contribution in [3.05, 3.63) is 0 Å². The second-order valence-corrected chi connectivity index (χ2v) is 8.77. The topological polar surface area (TPSA) is 84.6 Å². The van der Waals surface area contributed by atoms with Crippen LogP contribution in [-0.4, -0.2) is 43.4 Å². The Kier molecular flexibility index (Phi) is 22.5. The highest BCUT2D eigenvalue weighted by molar-refractivity contribution is 5.68. The minimum Gasteiger partial charge on any atom is -0.469 e. The summed E-state index contributed by atoms with van der Waals surface area (Å²) in [5.41, 5.74) is 5.56. The SMILES string of the molecule is CCCCCCCCC(O)C(CCCCCCCC(=O)OC)NCCCCCCN. The summed E-state index contributed by atoms with van der Waals surface area (Å²) in [5.74, 6) is -0.108. The number of aliphatic hydroxyl groups is 1. The molecule has 0 aliphatic rings. The largest absolute Gasteiger partial charge is 0.469 e. The van der Waals surface area contributed by atoms with Crippen molar-refractivity contribution in [2.24, 2.45) is 5.73 Å². The maximum atomic E-state index is 11.1. The molecule has 30 heavy (non-hydrogen) atoms. The lowest BCUT2D eigenvalue weighted by Crippen LogP contribution is -2.40. The van der Waals surface area contributed by atoms with E-state index in [1.165, 1.54) is 58.5 Å². The van der Waals surface area contributed by atoms with Gasteiger partial charge in [0.1, 0.15) is 0 Å². The smallest absolute Gasteiger partial charge is 0.305 e. The van der Waals surface area contributed by atoms with Crippen LogP contribution < -0.4 is 11.1 Å². The van der Waals surface area contributed by atoms with Gasteiger partial charge in [0.25, 0.3) is 0 Å². The second kappa shape index (κ2) is 23.0. The summed E-state index contributed by atoms with van der Waals surface area (Å²) >= 11 is 0. The number of nitrogens with one attached hydrogen (secondary N) is 1. The minimum absolute atomic E-state index is 0.108. The van der Waals surface area contributed by atoms with Crippen molar-refractivity contribution < 1.29 is 14.6 Å². The van der Waals surface area contributed by atoms with Crippen LogP contribution in [0.2, 0.25) is 0 Å². The molecule has 0 aliphatic carbocycles. The third kappa shape index (κ3) is 19.3. The van der Waals surface area contributed by atoms with E-state index in [0.717, 1.165) is 70.9 Å².